The van der Waals surface area contributed by atoms with E-state index in [1.54, 1.807) is 0 Å². The van der Waals surface area contributed by atoms with E-state index >= 15 is 0 Å². The second-order valence-corrected chi connectivity index (χ2v) is 10.6. The molecule has 0 aliphatic rings. The molecular weight excluding hydrogens is 434 g/mol. The van der Waals surface area contributed by atoms with Gasteiger partial charge in [-0.1, -0.05) is 99.9 Å². The third-order valence-corrected chi connectivity index (χ3v) is 5.86. The molecule has 0 amide bonds. The van der Waals surface area contributed by atoms with E-state index in [0.717, 1.165) is 32.6 Å². The molecule has 3 aromatic rings. The van der Waals surface area contributed by atoms with E-state index in [1.165, 1.54) is 5.56 Å². The summed E-state index contributed by atoms with van der Waals surface area (Å²) in [6.45, 7) is 13.0. The van der Waals surface area contributed by atoms with Crippen molar-refractivity contribution in [1.82, 2.24) is 0 Å². The van der Waals surface area contributed by atoms with Crippen molar-refractivity contribution in [3.05, 3.63) is 93.5 Å². The van der Waals surface area contributed by atoms with Crippen molar-refractivity contribution in [1.29, 1.82) is 0 Å². The molecule has 0 heterocycles. The van der Waals surface area contributed by atoms with Crippen molar-refractivity contribution in [2.45, 2.75) is 52.4 Å². The van der Waals surface area contributed by atoms with E-state index in [9.17, 15) is 5.11 Å². The molecule has 0 unspecified atom stereocenters. The minimum atomic E-state index is -0.203. The van der Waals surface area contributed by atoms with Crippen LogP contribution in [0.5, 0.6) is 5.75 Å². The smallest absolute Gasteiger partial charge is 0.128 e. The first kappa shape index (κ1) is 22.3. The van der Waals surface area contributed by atoms with Crippen LogP contribution in [-0.4, -0.2) is 10.8 Å². The van der Waals surface area contributed by atoms with Crippen molar-refractivity contribution in [2.24, 2.45) is 4.99 Å². The first-order valence-electron chi connectivity index (χ1n) is 10.3. The summed E-state index contributed by atoms with van der Waals surface area (Å²) in [6.07, 6.45) is 0. The van der Waals surface area contributed by atoms with Crippen LogP contribution in [0.3, 0.4) is 0 Å². The van der Waals surface area contributed by atoms with Crippen LogP contribution in [0.25, 0.3) is 0 Å². The molecule has 3 heteroatoms. The Hall–Kier alpha value is -2.39. The lowest BCUT2D eigenvalue weighted by Gasteiger charge is -2.28. The Balaban J connectivity index is 2.39. The number of hydrogen-bond acceptors (Lipinski definition) is 2. The Labute approximate surface area is 188 Å². The number of phenolic OH excluding ortho intramolecular Hbond substituents is 1. The van der Waals surface area contributed by atoms with Gasteiger partial charge in [-0.05, 0) is 40.7 Å². The van der Waals surface area contributed by atoms with Crippen LogP contribution in [0.1, 0.15) is 63.8 Å². The van der Waals surface area contributed by atoms with Gasteiger partial charge in [0.2, 0.25) is 0 Å². The zero-order valence-electron chi connectivity index (χ0n) is 18.6. The standard InChI is InChI=1S/C27H30BrNO/c1-26(2,3)18-16-21(25(30)22(17-18)27(4,5)6)24(20-14-10-11-15-23(20)28)29-19-12-8-7-9-13-19/h7-17,30H,1-6H3. The molecule has 0 fully saturated rings. The molecule has 3 rings (SSSR count). The molecule has 0 radical (unpaired) electrons. The van der Waals surface area contributed by atoms with Gasteiger partial charge in [0, 0.05) is 21.2 Å². The largest absolute Gasteiger partial charge is 0.507 e. The fourth-order valence-electron chi connectivity index (χ4n) is 3.37. The van der Waals surface area contributed by atoms with Crippen LogP contribution in [0.2, 0.25) is 0 Å². The first-order valence-corrected chi connectivity index (χ1v) is 11.0. The van der Waals surface area contributed by atoms with Crippen molar-refractivity contribution >= 4 is 27.3 Å². The molecule has 0 saturated heterocycles. The molecule has 0 spiro atoms. The number of aliphatic imine (C=N–C) groups is 1. The summed E-state index contributed by atoms with van der Waals surface area (Å²) in [7, 11) is 0. The molecule has 2 nitrogen and oxygen atoms in total. The van der Waals surface area contributed by atoms with Crippen LogP contribution in [0.4, 0.5) is 5.69 Å². The molecule has 0 saturated carbocycles. The van der Waals surface area contributed by atoms with Gasteiger partial charge >= 0.3 is 0 Å². The topological polar surface area (TPSA) is 32.6 Å². The second kappa shape index (κ2) is 8.39. The van der Waals surface area contributed by atoms with Gasteiger partial charge in [-0.2, -0.15) is 0 Å². The molecule has 0 bridgehead atoms. The predicted molar refractivity (Wildman–Crippen MR) is 131 cm³/mol. The van der Waals surface area contributed by atoms with Gasteiger partial charge in [-0.3, -0.25) is 0 Å². The molecule has 3 aromatic carbocycles. The summed E-state index contributed by atoms with van der Waals surface area (Å²) in [5, 5.41) is 11.4. The van der Waals surface area contributed by atoms with Crippen LogP contribution in [-0.2, 0) is 10.8 Å². The summed E-state index contributed by atoms with van der Waals surface area (Å²) in [5.41, 5.74) is 5.14. The molecule has 0 aromatic heterocycles. The van der Waals surface area contributed by atoms with Crippen LogP contribution in [0.15, 0.2) is 76.2 Å². The highest BCUT2D eigenvalue weighted by Crippen LogP contribution is 2.39. The van der Waals surface area contributed by atoms with Crippen LogP contribution >= 0.6 is 15.9 Å². The minimum absolute atomic E-state index is 0.0613. The fraction of sp³-hybridized carbons (Fsp3) is 0.296. The van der Waals surface area contributed by atoms with E-state index in [-0.39, 0.29) is 10.8 Å². The number of para-hydroxylation sites is 1. The summed E-state index contributed by atoms with van der Waals surface area (Å²) >= 11 is 3.69. The molecule has 0 atom stereocenters. The average Bonchev–Trinajstić information content (AvgIpc) is 2.66. The maximum atomic E-state index is 11.4. The third kappa shape index (κ3) is 4.84. The Morgan fingerprint density at radius 2 is 1.37 bits per heavy atom. The Kier molecular flexibility index (Phi) is 6.24. The SMILES string of the molecule is CC(C)(C)c1cc(C(=Nc2ccccc2)c2ccccc2Br)c(O)c(C(C)(C)C)c1. The van der Waals surface area contributed by atoms with Crippen molar-refractivity contribution in [3.8, 4) is 5.75 Å². The zero-order valence-corrected chi connectivity index (χ0v) is 20.2. The number of benzene rings is 3. The maximum Gasteiger partial charge on any atom is 0.128 e. The quantitative estimate of drug-likeness (QED) is 0.393. The van der Waals surface area contributed by atoms with Gasteiger partial charge < -0.3 is 5.11 Å². The number of nitrogens with zero attached hydrogens (tertiary/aromatic N) is 1. The van der Waals surface area contributed by atoms with Crippen LogP contribution < -0.4 is 0 Å². The molecule has 0 aliphatic heterocycles. The highest BCUT2D eigenvalue weighted by atomic mass is 79.9. The van der Waals surface area contributed by atoms with Crippen LogP contribution in [0, 0.1) is 0 Å². The maximum absolute atomic E-state index is 11.4. The zero-order chi connectivity index (χ0) is 22.1. The van der Waals surface area contributed by atoms with Gasteiger partial charge in [0.25, 0.3) is 0 Å². The summed E-state index contributed by atoms with van der Waals surface area (Å²) < 4.78 is 0.942. The highest BCUT2D eigenvalue weighted by molar-refractivity contribution is 9.10. The lowest BCUT2D eigenvalue weighted by Crippen LogP contribution is -2.19. The fourth-order valence-corrected chi connectivity index (χ4v) is 3.84. The number of halogens is 1. The van der Waals surface area contributed by atoms with Gasteiger partial charge in [0.1, 0.15) is 5.75 Å². The molecule has 1 N–H and O–H groups in total. The number of hydrogen-bond donors (Lipinski definition) is 1. The summed E-state index contributed by atoms with van der Waals surface area (Å²) in [6, 6.07) is 22.1. The monoisotopic (exact) mass is 463 g/mol. The number of aromatic hydroxyl groups is 1. The number of phenols is 1. The first-order chi connectivity index (χ1) is 14.0. The highest BCUT2D eigenvalue weighted by Gasteiger charge is 2.27. The Morgan fingerprint density at radius 1 is 0.767 bits per heavy atom. The molecular formula is C27H30BrNO. The van der Waals surface area contributed by atoms with Crippen molar-refractivity contribution in [3.63, 3.8) is 0 Å². The second-order valence-electron chi connectivity index (χ2n) is 9.70. The predicted octanol–water partition coefficient (Wildman–Crippen LogP) is 7.92. The van der Waals surface area contributed by atoms with Gasteiger partial charge in [-0.25, -0.2) is 4.99 Å². The lowest BCUT2D eigenvalue weighted by molar-refractivity contribution is 0.443. The average molecular weight is 464 g/mol. The van der Waals surface area contributed by atoms with E-state index < -0.39 is 0 Å². The van der Waals surface area contributed by atoms with Crippen molar-refractivity contribution < 1.29 is 5.11 Å². The van der Waals surface area contributed by atoms with E-state index in [0.29, 0.717) is 5.75 Å². The normalized spacial score (nSPS) is 12.8. The van der Waals surface area contributed by atoms with Gasteiger partial charge in [0.05, 0.1) is 11.4 Å². The Bertz CT molecular complexity index is 1070. The Morgan fingerprint density at radius 3 is 1.93 bits per heavy atom. The minimum Gasteiger partial charge on any atom is -0.507 e. The molecule has 156 valence electrons. The third-order valence-electron chi connectivity index (χ3n) is 5.17. The summed E-state index contributed by atoms with van der Waals surface area (Å²) in [5.74, 6) is 0.293. The van der Waals surface area contributed by atoms with Gasteiger partial charge in [-0.15, -0.1) is 0 Å². The number of rotatable bonds is 3. The molecule has 0 aliphatic carbocycles. The molecule has 30 heavy (non-hydrogen) atoms. The van der Waals surface area contributed by atoms with Gasteiger partial charge in [0.15, 0.2) is 0 Å². The van der Waals surface area contributed by atoms with E-state index in [2.05, 4.69) is 69.6 Å². The lowest BCUT2D eigenvalue weighted by atomic mass is 9.78. The van der Waals surface area contributed by atoms with E-state index in [1.807, 2.05) is 54.6 Å². The van der Waals surface area contributed by atoms with Crippen molar-refractivity contribution in [2.75, 3.05) is 0 Å². The summed E-state index contributed by atoms with van der Waals surface area (Å²) in [4.78, 5) is 4.99. The van der Waals surface area contributed by atoms with E-state index in [4.69, 9.17) is 4.99 Å².